The summed E-state index contributed by atoms with van der Waals surface area (Å²) in [6.45, 7) is 2.27. The quantitative estimate of drug-likeness (QED) is 0.0268. The largest absolute Gasteiger partial charge is 0.472 e. The van der Waals surface area contributed by atoms with Crippen LogP contribution in [0.1, 0.15) is 149 Å². The third-order valence-corrected chi connectivity index (χ3v) is 8.31. The number of hydrogen-bond acceptors (Lipinski definition) is 9. The van der Waals surface area contributed by atoms with Gasteiger partial charge in [-0.2, -0.15) is 0 Å². The number of esters is 2. The van der Waals surface area contributed by atoms with Gasteiger partial charge in [0.25, 0.3) is 0 Å². The fourth-order valence-electron chi connectivity index (χ4n) is 4.54. The Morgan fingerprint density at radius 2 is 1.15 bits per heavy atom. The first-order chi connectivity index (χ1) is 22.2. The summed E-state index contributed by atoms with van der Waals surface area (Å²) in [7, 11) is -4.60. The fourth-order valence-corrected chi connectivity index (χ4v) is 5.33. The molecule has 0 aromatic carbocycles. The minimum Gasteiger partial charge on any atom is -0.462 e. The van der Waals surface area contributed by atoms with E-state index < -0.39 is 51.8 Å². The summed E-state index contributed by atoms with van der Waals surface area (Å²) in [5.41, 5.74) is 0. The van der Waals surface area contributed by atoms with Gasteiger partial charge in [0.1, 0.15) is 12.7 Å². The third kappa shape index (κ3) is 31.1. The van der Waals surface area contributed by atoms with Crippen LogP contribution >= 0.6 is 7.82 Å². The lowest BCUT2D eigenvalue weighted by atomic mass is 10.1. The number of aliphatic hydroxyl groups excluding tert-OH is 2. The zero-order chi connectivity index (χ0) is 34.1. The van der Waals surface area contributed by atoms with Crippen LogP contribution in [0, 0.1) is 0 Å². The highest BCUT2D eigenvalue weighted by Gasteiger charge is 2.27. The Morgan fingerprint density at radius 3 is 1.74 bits per heavy atom. The van der Waals surface area contributed by atoms with E-state index in [4.69, 9.17) is 19.1 Å². The topological polar surface area (TPSA) is 149 Å². The highest BCUT2D eigenvalue weighted by molar-refractivity contribution is 7.47. The van der Waals surface area contributed by atoms with Crippen LogP contribution < -0.4 is 0 Å². The molecule has 0 aliphatic rings. The van der Waals surface area contributed by atoms with E-state index in [1.807, 2.05) is 0 Å². The molecule has 0 rings (SSSR count). The van der Waals surface area contributed by atoms with Gasteiger partial charge < -0.3 is 24.6 Å². The number of unbranched alkanes of at least 4 members (excludes halogenated alkanes) is 15. The van der Waals surface area contributed by atoms with Crippen molar-refractivity contribution in [3.05, 3.63) is 24.3 Å². The summed E-state index contributed by atoms with van der Waals surface area (Å²) in [5.74, 6) is -0.945. The zero-order valence-electron chi connectivity index (χ0n) is 28.8. The predicted molar refractivity (Wildman–Crippen MR) is 182 cm³/mol. The van der Waals surface area contributed by atoms with Gasteiger partial charge in [0.15, 0.2) is 6.10 Å². The number of hydrogen-bond donors (Lipinski definition) is 3. The van der Waals surface area contributed by atoms with E-state index in [2.05, 4.69) is 42.7 Å². The van der Waals surface area contributed by atoms with Crippen LogP contribution in [0.5, 0.6) is 0 Å². The van der Waals surface area contributed by atoms with Crippen molar-refractivity contribution in [3.8, 4) is 0 Å². The van der Waals surface area contributed by atoms with Crippen LogP contribution in [0.4, 0.5) is 0 Å². The Kier molecular flexibility index (Phi) is 30.9. The van der Waals surface area contributed by atoms with Gasteiger partial charge >= 0.3 is 19.8 Å². The smallest absolute Gasteiger partial charge is 0.462 e. The second-order valence-electron chi connectivity index (χ2n) is 11.9. The Labute approximate surface area is 278 Å². The van der Waals surface area contributed by atoms with E-state index in [1.165, 1.54) is 44.9 Å². The van der Waals surface area contributed by atoms with E-state index in [0.29, 0.717) is 12.8 Å². The predicted octanol–water partition coefficient (Wildman–Crippen LogP) is 8.27. The molecular formula is C35H65O10P. The Balaban J connectivity index is 4.40. The Morgan fingerprint density at radius 1 is 0.652 bits per heavy atom. The van der Waals surface area contributed by atoms with E-state index in [1.54, 1.807) is 0 Å². The molecule has 0 saturated heterocycles. The molecule has 46 heavy (non-hydrogen) atoms. The normalized spacial score (nSPS) is 14.5. The first-order valence-electron chi connectivity index (χ1n) is 17.8. The van der Waals surface area contributed by atoms with Crippen molar-refractivity contribution < 1.29 is 47.8 Å². The molecule has 0 bridgehead atoms. The SMILES string of the molecule is CCCC/C=C\C/C=C\CCCCCCCC(=O)OC[C@H](COP(=O)(O)OC[C@@H](O)CO)OC(=O)CCCCCCCCCCC. The average molecular weight is 677 g/mol. The average Bonchev–Trinajstić information content (AvgIpc) is 3.04. The van der Waals surface area contributed by atoms with Gasteiger partial charge in [-0.3, -0.25) is 18.6 Å². The Bertz CT molecular complexity index is 832. The molecule has 3 atom stereocenters. The second kappa shape index (κ2) is 32.0. The van der Waals surface area contributed by atoms with Crippen molar-refractivity contribution in [1.29, 1.82) is 0 Å². The minimum absolute atomic E-state index is 0.183. The number of allylic oxidation sites excluding steroid dienone is 4. The molecule has 0 heterocycles. The number of carbonyl (C=O) groups is 2. The number of rotatable bonds is 33. The molecule has 0 saturated carbocycles. The van der Waals surface area contributed by atoms with Crippen LogP contribution in [0.3, 0.4) is 0 Å². The maximum atomic E-state index is 12.5. The molecule has 0 fully saturated rings. The van der Waals surface area contributed by atoms with E-state index in [0.717, 1.165) is 64.2 Å². The molecule has 0 aromatic rings. The highest BCUT2D eigenvalue weighted by atomic mass is 31.2. The van der Waals surface area contributed by atoms with Crippen molar-refractivity contribution in [1.82, 2.24) is 0 Å². The molecule has 0 radical (unpaired) electrons. The van der Waals surface area contributed by atoms with Gasteiger partial charge in [-0.05, 0) is 38.5 Å². The molecule has 0 aliphatic heterocycles. The molecule has 270 valence electrons. The summed E-state index contributed by atoms with van der Waals surface area (Å²) < 4.78 is 32.4. The molecule has 3 N–H and O–H groups in total. The zero-order valence-corrected chi connectivity index (χ0v) is 29.7. The lowest BCUT2D eigenvalue weighted by Gasteiger charge is -2.20. The van der Waals surface area contributed by atoms with Crippen molar-refractivity contribution in [2.75, 3.05) is 26.4 Å². The van der Waals surface area contributed by atoms with Crippen LogP contribution in [0.15, 0.2) is 24.3 Å². The molecule has 0 amide bonds. The highest BCUT2D eigenvalue weighted by Crippen LogP contribution is 2.43. The first-order valence-corrected chi connectivity index (χ1v) is 19.3. The number of aliphatic hydroxyl groups is 2. The van der Waals surface area contributed by atoms with Gasteiger partial charge in [0.2, 0.25) is 0 Å². The molecule has 1 unspecified atom stereocenters. The van der Waals surface area contributed by atoms with Crippen LogP contribution in [0.2, 0.25) is 0 Å². The van der Waals surface area contributed by atoms with Crippen LogP contribution in [-0.2, 0) is 32.7 Å². The van der Waals surface area contributed by atoms with Crippen molar-refractivity contribution in [3.63, 3.8) is 0 Å². The summed E-state index contributed by atoms with van der Waals surface area (Å²) in [6.07, 6.45) is 27.3. The maximum Gasteiger partial charge on any atom is 0.472 e. The minimum atomic E-state index is -4.60. The molecule has 0 aromatic heterocycles. The van der Waals surface area contributed by atoms with E-state index in [-0.39, 0.29) is 19.4 Å². The molecule has 0 aliphatic carbocycles. The van der Waals surface area contributed by atoms with Gasteiger partial charge in [0.05, 0.1) is 19.8 Å². The molecule has 11 heteroatoms. The lowest BCUT2D eigenvalue weighted by molar-refractivity contribution is -0.161. The lowest BCUT2D eigenvalue weighted by Crippen LogP contribution is -2.29. The van der Waals surface area contributed by atoms with Gasteiger partial charge in [-0.1, -0.05) is 122 Å². The molecule has 0 spiro atoms. The van der Waals surface area contributed by atoms with Crippen molar-refractivity contribution >= 4 is 19.8 Å². The number of phosphoric acid groups is 1. The van der Waals surface area contributed by atoms with Gasteiger partial charge in [-0.25, -0.2) is 4.57 Å². The maximum absolute atomic E-state index is 12.5. The van der Waals surface area contributed by atoms with Crippen molar-refractivity contribution in [2.24, 2.45) is 0 Å². The number of phosphoric ester groups is 1. The summed E-state index contributed by atoms with van der Waals surface area (Å²) in [6, 6.07) is 0. The molecular weight excluding hydrogens is 611 g/mol. The summed E-state index contributed by atoms with van der Waals surface area (Å²) in [4.78, 5) is 34.6. The van der Waals surface area contributed by atoms with E-state index >= 15 is 0 Å². The summed E-state index contributed by atoms with van der Waals surface area (Å²) in [5, 5.41) is 18.2. The van der Waals surface area contributed by atoms with Crippen LogP contribution in [-0.4, -0.2) is 65.7 Å². The monoisotopic (exact) mass is 676 g/mol. The van der Waals surface area contributed by atoms with Crippen LogP contribution in [0.25, 0.3) is 0 Å². The Hall–Kier alpha value is -1.55. The summed E-state index contributed by atoms with van der Waals surface area (Å²) >= 11 is 0. The fraction of sp³-hybridized carbons (Fsp3) is 0.829. The van der Waals surface area contributed by atoms with Gasteiger partial charge in [-0.15, -0.1) is 0 Å². The number of ether oxygens (including phenoxy) is 2. The van der Waals surface area contributed by atoms with Gasteiger partial charge in [0, 0.05) is 12.8 Å². The second-order valence-corrected chi connectivity index (χ2v) is 13.4. The third-order valence-electron chi connectivity index (χ3n) is 7.36. The van der Waals surface area contributed by atoms with E-state index in [9.17, 15) is 24.2 Å². The standard InChI is InChI=1S/C35H65O10P/c1-3-5-7-9-11-13-14-15-16-17-19-20-22-24-26-34(38)42-30-33(31-44-46(40,41)43-29-32(37)28-36)45-35(39)27-25-23-21-18-12-10-8-6-4-2/h9,11,14-15,32-33,36-37H,3-8,10,12-13,16-31H2,1-2H3,(H,40,41)/b11-9-,15-14-/t32-,33+/m0/s1. The van der Waals surface area contributed by atoms with Crippen molar-refractivity contribution in [2.45, 2.75) is 161 Å². The molecule has 10 nitrogen and oxygen atoms in total. The number of carbonyl (C=O) groups excluding carboxylic acids is 2. The first kappa shape index (κ1) is 44.5.